The van der Waals surface area contributed by atoms with E-state index in [-0.39, 0.29) is 0 Å². The second kappa shape index (κ2) is 5.72. The molecular formula is C13H16Cl2N2S. The summed E-state index contributed by atoms with van der Waals surface area (Å²) in [5.41, 5.74) is 1.95. The first-order valence-corrected chi connectivity index (χ1v) is 7.84. The monoisotopic (exact) mass is 302 g/mol. The van der Waals surface area contributed by atoms with Gasteiger partial charge in [0.2, 0.25) is 0 Å². The highest BCUT2D eigenvalue weighted by Gasteiger charge is 2.15. The normalized spacial score (nSPS) is 13.2. The van der Waals surface area contributed by atoms with Gasteiger partial charge < -0.3 is 4.57 Å². The zero-order chi connectivity index (χ0) is 13.3. The van der Waals surface area contributed by atoms with Crippen LogP contribution in [0, 0.1) is 0 Å². The third kappa shape index (κ3) is 2.63. The fourth-order valence-corrected chi connectivity index (χ4v) is 3.07. The highest BCUT2D eigenvalue weighted by atomic mass is 35.5. The fourth-order valence-electron chi connectivity index (χ4n) is 2.02. The molecule has 2 aromatic rings. The Labute approximate surface area is 122 Å². The van der Waals surface area contributed by atoms with E-state index in [0.29, 0.717) is 16.0 Å². The molecule has 0 spiro atoms. The molecule has 0 bridgehead atoms. The minimum absolute atomic E-state index is 0.421. The van der Waals surface area contributed by atoms with E-state index in [4.69, 9.17) is 23.2 Å². The molecule has 0 saturated heterocycles. The van der Waals surface area contributed by atoms with E-state index in [0.717, 1.165) is 28.4 Å². The molecule has 0 aliphatic carbocycles. The minimum atomic E-state index is 0.421. The van der Waals surface area contributed by atoms with Gasteiger partial charge in [-0.1, -0.05) is 37.0 Å². The Bertz CT molecular complexity index is 566. The SMILES string of the molecule is CCSCC(C)c1nc2cc(Cl)c(Cl)cc2n1C. The lowest BCUT2D eigenvalue weighted by Gasteiger charge is -2.10. The van der Waals surface area contributed by atoms with E-state index in [1.54, 1.807) is 0 Å². The van der Waals surface area contributed by atoms with Crippen molar-refractivity contribution in [2.24, 2.45) is 7.05 Å². The van der Waals surface area contributed by atoms with Crippen LogP contribution in [-0.4, -0.2) is 21.1 Å². The number of aryl methyl sites for hydroxylation is 1. The van der Waals surface area contributed by atoms with E-state index < -0.39 is 0 Å². The first-order valence-electron chi connectivity index (χ1n) is 5.93. The number of imidazole rings is 1. The van der Waals surface area contributed by atoms with Crippen LogP contribution in [0.2, 0.25) is 10.0 Å². The van der Waals surface area contributed by atoms with Gasteiger partial charge in [0.05, 0.1) is 21.1 Å². The van der Waals surface area contributed by atoms with Gasteiger partial charge >= 0.3 is 0 Å². The quantitative estimate of drug-likeness (QED) is 0.812. The van der Waals surface area contributed by atoms with Crippen LogP contribution in [0.1, 0.15) is 25.6 Å². The third-order valence-corrected chi connectivity index (χ3v) is 4.84. The molecule has 1 atom stereocenters. The zero-order valence-electron chi connectivity index (χ0n) is 10.7. The number of hydrogen-bond donors (Lipinski definition) is 0. The molecule has 0 fully saturated rings. The Morgan fingerprint density at radius 1 is 1.33 bits per heavy atom. The molecule has 0 amide bonds. The van der Waals surface area contributed by atoms with Crippen LogP contribution in [0.3, 0.4) is 0 Å². The maximum Gasteiger partial charge on any atom is 0.113 e. The molecule has 0 radical (unpaired) electrons. The van der Waals surface area contributed by atoms with Gasteiger partial charge in [-0.2, -0.15) is 11.8 Å². The first kappa shape index (κ1) is 14.0. The van der Waals surface area contributed by atoms with Gasteiger partial charge in [-0.05, 0) is 17.9 Å². The van der Waals surface area contributed by atoms with Crippen molar-refractivity contribution < 1.29 is 0 Å². The largest absolute Gasteiger partial charge is 0.331 e. The van der Waals surface area contributed by atoms with Crippen LogP contribution in [0.15, 0.2) is 12.1 Å². The Hall–Kier alpha value is -0.380. The number of benzene rings is 1. The Kier molecular flexibility index (Phi) is 4.46. The second-order valence-electron chi connectivity index (χ2n) is 4.34. The summed E-state index contributed by atoms with van der Waals surface area (Å²) >= 11 is 14.0. The van der Waals surface area contributed by atoms with Crippen molar-refractivity contribution in [2.45, 2.75) is 19.8 Å². The van der Waals surface area contributed by atoms with Crippen molar-refractivity contribution in [2.75, 3.05) is 11.5 Å². The molecule has 5 heteroatoms. The van der Waals surface area contributed by atoms with Gasteiger partial charge in [0.1, 0.15) is 5.82 Å². The third-order valence-electron chi connectivity index (χ3n) is 2.97. The molecule has 2 nitrogen and oxygen atoms in total. The molecular weight excluding hydrogens is 287 g/mol. The summed E-state index contributed by atoms with van der Waals surface area (Å²) in [6, 6.07) is 3.72. The average Bonchev–Trinajstić information content (AvgIpc) is 2.65. The van der Waals surface area contributed by atoms with Crippen molar-refractivity contribution in [3.05, 3.63) is 28.0 Å². The molecule has 1 heterocycles. The highest BCUT2D eigenvalue weighted by molar-refractivity contribution is 7.99. The number of halogens is 2. The van der Waals surface area contributed by atoms with E-state index in [1.165, 1.54) is 0 Å². The summed E-state index contributed by atoms with van der Waals surface area (Å²) in [5, 5.41) is 1.14. The lowest BCUT2D eigenvalue weighted by atomic mass is 10.2. The number of thioether (sulfide) groups is 1. The first-order chi connectivity index (χ1) is 8.54. The van der Waals surface area contributed by atoms with Crippen LogP contribution in [0.25, 0.3) is 11.0 Å². The van der Waals surface area contributed by atoms with Crippen molar-refractivity contribution >= 4 is 46.0 Å². The van der Waals surface area contributed by atoms with Crippen LogP contribution >= 0.6 is 35.0 Å². The summed E-state index contributed by atoms with van der Waals surface area (Å²) in [4.78, 5) is 4.67. The average molecular weight is 303 g/mol. The molecule has 18 heavy (non-hydrogen) atoms. The Morgan fingerprint density at radius 3 is 2.67 bits per heavy atom. The summed E-state index contributed by atoms with van der Waals surface area (Å²) in [5.74, 6) is 3.72. The van der Waals surface area contributed by atoms with Crippen LogP contribution in [-0.2, 0) is 7.05 Å². The number of fused-ring (bicyclic) bond motifs is 1. The molecule has 1 aromatic heterocycles. The van der Waals surface area contributed by atoms with Gasteiger partial charge in [-0.25, -0.2) is 4.98 Å². The molecule has 98 valence electrons. The molecule has 0 aliphatic heterocycles. The standard InChI is InChI=1S/C13H16Cl2N2S/c1-4-18-7-8(2)13-16-11-5-9(14)10(15)6-12(11)17(13)3/h5-6,8H,4,7H2,1-3H3. The summed E-state index contributed by atoms with van der Waals surface area (Å²) < 4.78 is 2.11. The molecule has 0 aliphatic rings. The number of hydrogen-bond acceptors (Lipinski definition) is 2. The molecule has 1 aromatic carbocycles. The van der Waals surface area contributed by atoms with Crippen LogP contribution in [0.4, 0.5) is 0 Å². The summed E-state index contributed by atoms with van der Waals surface area (Å²) in [6.07, 6.45) is 0. The van der Waals surface area contributed by atoms with Crippen LogP contribution in [0.5, 0.6) is 0 Å². The number of aromatic nitrogens is 2. The maximum absolute atomic E-state index is 6.05. The number of rotatable bonds is 4. The smallest absolute Gasteiger partial charge is 0.113 e. The van der Waals surface area contributed by atoms with Crippen molar-refractivity contribution in [1.29, 1.82) is 0 Å². The zero-order valence-corrected chi connectivity index (χ0v) is 13.0. The lowest BCUT2D eigenvalue weighted by molar-refractivity contribution is 0.730. The van der Waals surface area contributed by atoms with Crippen molar-refractivity contribution in [3.63, 3.8) is 0 Å². The van der Waals surface area contributed by atoms with Crippen molar-refractivity contribution in [1.82, 2.24) is 9.55 Å². The van der Waals surface area contributed by atoms with Gasteiger partial charge in [0.25, 0.3) is 0 Å². The maximum atomic E-state index is 6.05. The Balaban J connectivity index is 2.43. The fraction of sp³-hybridized carbons (Fsp3) is 0.462. The molecule has 1 unspecified atom stereocenters. The summed E-state index contributed by atoms with van der Waals surface area (Å²) in [6.45, 7) is 4.37. The van der Waals surface area contributed by atoms with E-state index >= 15 is 0 Å². The van der Waals surface area contributed by atoms with Gasteiger partial charge in [-0.3, -0.25) is 0 Å². The highest BCUT2D eigenvalue weighted by Crippen LogP contribution is 2.30. The summed E-state index contributed by atoms with van der Waals surface area (Å²) in [7, 11) is 2.03. The van der Waals surface area contributed by atoms with Crippen LogP contribution < -0.4 is 0 Å². The van der Waals surface area contributed by atoms with E-state index in [2.05, 4.69) is 23.4 Å². The van der Waals surface area contributed by atoms with Gasteiger partial charge in [0, 0.05) is 18.7 Å². The lowest BCUT2D eigenvalue weighted by Crippen LogP contribution is -2.05. The number of nitrogens with zero attached hydrogens (tertiary/aromatic N) is 2. The predicted molar refractivity (Wildman–Crippen MR) is 82.1 cm³/mol. The van der Waals surface area contributed by atoms with E-state index in [1.807, 2.05) is 30.9 Å². The second-order valence-corrected chi connectivity index (χ2v) is 6.48. The molecule has 0 N–H and O–H groups in total. The molecule has 2 rings (SSSR count). The van der Waals surface area contributed by atoms with E-state index in [9.17, 15) is 0 Å². The Morgan fingerprint density at radius 2 is 2.00 bits per heavy atom. The van der Waals surface area contributed by atoms with Crippen molar-refractivity contribution in [3.8, 4) is 0 Å². The van der Waals surface area contributed by atoms with Gasteiger partial charge in [-0.15, -0.1) is 0 Å². The van der Waals surface area contributed by atoms with Gasteiger partial charge in [0.15, 0.2) is 0 Å². The minimum Gasteiger partial charge on any atom is -0.331 e. The predicted octanol–water partition coefficient (Wildman–Crippen LogP) is 4.74. The topological polar surface area (TPSA) is 17.8 Å². The molecule has 0 saturated carbocycles.